The van der Waals surface area contributed by atoms with E-state index in [-0.39, 0.29) is 11.9 Å². The van der Waals surface area contributed by atoms with Crippen LogP contribution in [0.15, 0.2) is 37.1 Å². The van der Waals surface area contributed by atoms with Crippen LogP contribution in [0.3, 0.4) is 0 Å². The second kappa shape index (κ2) is 7.30. The maximum absolute atomic E-state index is 11.9. The van der Waals surface area contributed by atoms with Crippen LogP contribution in [0, 0.1) is 0 Å². The summed E-state index contributed by atoms with van der Waals surface area (Å²) in [5, 5.41) is 9.25. The van der Waals surface area contributed by atoms with Gasteiger partial charge in [-0.1, -0.05) is 12.1 Å². The van der Waals surface area contributed by atoms with E-state index in [9.17, 15) is 4.79 Å². The lowest BCUT2D eigenvalue weighted by atomic mass is 10.3. The van der Waals surface area contributed by atoms with Crippen LogP contribution in [0.5, 0.6) is 0 Å². The molecule has 2 N–H and O–H groups in total. The molecule has 1 amide bonds. The first-order valence-corrected chi connectivity index (χ1v) is 6.58. The predicted octanol–water partition coefficient (Wildman–Crippen LogP) is 1.79. The molecule has 7 nitrogen and oxygen atoms in total. The van der Waals surface area contributed by atoms with E-state index in [0.29, 0.717) is 24.5 Å². The Balaban J connectivity index is 1.93. The van der Waals surface area contributed by atoms with Crippen LogP contribution in [-0.4, -0.2) is 38.8 Å². The second-order valence-electron chi connectivity index (χ2n) is 4.30. The van der Waals surface area contributed by atoms with Crippen LogP contribution in [0.2, 0.25) is 0 Å². The van der Waals surface area contributed by atoms with Gasteiger partial charge in [-0.25, -0.2) is 0 Å². The molecule has 0 saturated heterocycles. The van der Waals surface area contributed by atoms with Gasteiger partial charge in [0.25, 0.3) is 5.91 Å². The summed E-state index contributed by atoms with van der Waals surface area (Å²) in [6, 6.07) is 5.45. The summed E-state index contributed by atoms with van der Waals surface area (Å²) < 4.78 is 5.35. The SMILES string of the molecule is C=CCCO[C@H](C)C(=O)Nc1n[nH]c(-c2ccccn2)n1. The van der Waals surface area contributed by atoms with E-state index in [4.69, 9.17) is 4.74 Å². The van der Waals surface area contributed by atoms with E-state index in [1.54, 1.807) is 25.3 Å². The number of amides is 1. The molecular formula is C14H17N5O2. The predicted molar refractivity (Wildman–Crippen MR) is 78.5 cm³/mol. The van der Waals surface area contributed by atoms with Gasteiger partial charge in [0.05, 0.1) is 6.61 Å². The number of ether oxygens (including phenoxy) is 1. The number of pyridine rings is 1. The summed E-state index contributed by atoms with van der Waals surface area (Å²) in [5.74, 6) is 0.386. The number of nitrogens with one attached hydrogen (secondary N) is 2. The quantitative estimate of drug-likeness (QED) is 0.598. The van der Waals surface area contributed by atoms with Crippen molar-refractivity contribution in [2.45, 2.75) is 19.4 Å². The normalized spacial score (nSPS) is 11.9. The summed E-state index contributed by atoms with van der Waals surface area (Å²) in [4.78, 5) is 20.2. The van der Waals surface area contributed by atoms with Crippen LogP contribution in [0.25, 0.3) is 11.5 Å². The van der Waals surface area contributed by atoms with Gasteiger partial charge in [0.15, 0.2) is 5.82 Å². The molecule has 0 saturated carbocycles. The Morgan fingerprint density at radius 2 is 2.43 bits per heavy atom. The van der Waals surface area contributed by atoms with Crippen molar-refractivity contribution in [3.63, 3.8) is 0 Å². The third-order valence-electron chi connectivity index (χ3n) is 2.69. The topological polar surface area (TPSA) is 92.8 Å². The highest BCUT2D eigenvalue weighted by Gasteiger charge is 2.15. The van der Waals surface area contributed by atoms with Gasteiger partial charge in [0.2, 0.25) is 5.95 Å². The Bertz CT molecular complexity index is 596. The Kier molecular flexibility index (Phi) is 5.16. The van der Waals surface area contributed by atoms with Crippen molar-refractivity contribution in [3.05, 3.63) is 37.1 Å². The van der Waals surface area contributed by atoms with E-state index in [2.05, 4.69) is 32.1 Å². The highest BCUT2D eigenvalue weighted by molar-refractivity contribution is 5.92. The average molecular weight is 287 g/mol. The molecule has 0 aromatic carbocycles. The van der Waals surface area contributed by atoms with E-state index in [1.807, 2.05) is 12.1 Å². The fourth-order valence-corrected chi connectivity index (χ4v) is 1.55. The molecule has 21 heavy (non-hydrogen) atoms. The first-order chi connectivity index (χ1) is 10.2. The number of hydrogen-bond donors (Lipinski definition) is 2. The van der Waals surface area contributed by atoms with Gasteiger partial charge < -0.3 is 4.74 Å². The number of rotatable bonds is 7. The molecule has 2 heterocycles. The first kappa shape index (κ1) is 14.9. The number of hydrogen-bond acceptors (Lipinski definition) is 5. The number of aromatic nitrogens is 4. The van der Waals surface area contributed by atoms with Crippen molar-refractivity contribution in [2.75, 3.05) is 11.9 Å². The van der Waals surface area contributed by atoms with Crippen LogP contribution in [0.1, 0.15) is 13.3 Å². The van der Waals surface area contributed by atoms with Gasteiger partial charge in [0.1, 0.15) is 11.8 Å². The molecule has 0 aliphatic rings. The van der Waals surface area contributed by atoms with E-state index < -0.39 is 6.10 Å². The van der Waals surface area contributed by atoms with Crippen molar-refractivity contribution in [1.29, 1.82) is 0 Å². The summed E-state index contributed by atoms with van der Waals surface area (Å²) in [7, 11) is 0. The largest absolute Gasteiger partial charge is 0.368 e. The zero-order valence-corrected chi connectivity index (χ0v) is 11.7. The highest BCUT2D eigenvalue weighted by Crippen LogP contribution is 2.12. The molecule has 0 unspecified atom stereocenters. The zero-order chi connectivity index (χ0) is 15.1. The molecule has 2 aromatic heterocycles. The average Bonchev–Trinajstić information content (AvgIpc) is 2.97. The number of carbonyl (C=O) groups excluding carboxylic acids is 1. The van der Waals surface area contributed by atoms with Gasteiger partial charge in [0, 0.05) is 6.20 Å². The number of H-pyrrole nitrogens is 1. The van der Waals surface area contributed by atoms with E-state index in [0.717, 1.165) is 0 Å². The van der Waals surface area contributed by atoms with Crippen LogP contribution in [-0.2, 0) is 9.53 Å². The standard InChI is InChI=1S/C14H17N5O2/c1-3-4-9-21-10(2)13(20)17-14-16-12(18-19-14)11-7-5-6-8-15-11/h3,5-8,10H,1,4,9H2,2H3,(H2,16,17,18,19,20)/t10-/m1/s1. The lowest BCUT2D eigenvalue weighted by Crippen LogP contribution is -2.28. The minimum absolute atomic E-state index is 0.194. The fourth-order valence-electron chi connectivity index (χ4n) is 1.55. The number of aromatic amines is 1. The van der Waals surface area contributed by atoms with E-state index >= 15 is 0 Å². The van der Waals surface area contributed by atoms with Gasteiger partial charge >= 0.3 is 0 Å². The lowest BCUT2D eigenvalue weighted by Gasteiger charge is -2.10. The van der Waals surface area contributed by atoms with Crippen molar-refractivity contribution in [2.24, 2.45) is 0 Å². The molecule has 0 aliphatic carbocycles. The molecule has 1 atom stereocenters. The number of anilines is 1. The summed E-state index contributed by atoms with van der Waals surface area (Å²) in [6.07, 6.45) is 3.51. The molecule has 0 spiro atoms. The van der Waals surface area contributed by atoms with Crippen molar-refractivity contribution >= 4 is 11.9 Å². The van der Waals surface area contributed by atoms with Crippen molar-refractivity contribution in [1.82, 2.24) is 20.2 Å². The molecular weight excluding hydrogens is 270 g/mol. The molecule has 110 valence electrons. The maximum Gasteiger partial charge on any atom is 0.255 e. The fraction of sp³-hybridized carbons (Fsp3) is 0.286. The zero-order valence-electron chi connectivity index (χ0n) is 11.7. The molecule has 0 aliphatic heterocycles. The minimum Gasteiger partial charge on any atom is -0.368 e. The van der Waals surface area contributed by atoms with Gasteiger partial charge in [-0.3, -0.25) is 20.2 Å². The van der Waals surface area contributed by atoms with Crippen LogP contribution >= 0.6 is 0 Å². The summed E-state index contributed by atoms with van der Waals surface area (Å²) >= 11 is 0. The van der Waals surface area contributed by atoms with Gasteiger partial charge in [-0.15, -0.1) is 11.7 Å². The Hall–Kier alpha value is -2.54. The van der Waals surface area contributed by atoms with E-state index in [1.165, 1.54) is 0 Å². The van der Waals surface area contributed by atoms with Crippen LogP contribution in [0.4, 0.5) is 5.95 Å². The Labute approximate surface area is 122 Å². The Morgan fingerprint density at radius 1 is 1.57 bits per heavy atom. The first-order valence-electron chi connectivity index (χ1n) is 6.58. The number of nitrogens with zero attached hydrogens (tertiary/aromatic N) is 3. The third-order valence-corrected chi connectivity index (χ3v) is 2.69. The smallest absolute Gasteiger partial charge is 0.255 e. The molecule has 0 bridgehead atoms. The minimum atomic E-state index is -0.582. The van der Waals surface area contributed by atoms with Gasteiger partial charge in [-0.2, -0.15) is 4.98 Å². The Morgan fingerprint density at radius 3 is 3.14 bits per heavy atom. The van der Waals surface area contributed by atoms with Crippen molar-refractivity contribution in [3.8, 4) is 11.5 Å². The van der Waals surface area contributed by atoms with Crippen molar-refractivity contribution < 1.29 is 9.53 Å². The molecule has 0 fully saturated rings. The maximum atomic E-state index is 11.9. The monoisotopic (exact) mass is 287 g/mol. The van der Waals surface area contributed by atoms with Gasteiger partial charge in [-0.05, 0) is 25.5 Å². The summed E-state index contributed by atoms with van der Waals surface area (Å²) in [6.45, 7) is 5.71. The molecule has 2 aromatic rings. The molecule has 2 rings (SSSR count). The second-order valence-corrected chi connectivity index (χ2v) is 4.30. The summed E-state index contributed by atoms with van der Waals surface area (Å²) in [5.41, 5.74) is 0.654. The highest BCUT2D eigenvalue weighted by atomic mass is 16.5. The third kappa shape index (κ3) is 4.22. The molecule has 7 heteroatoms. The lowest BCUT2D eigenvalue weighted by molar-refractivity contribution is -0.126. The van der Waals surface area contributed by atoms with Crippen LogP contribution < -0.4 is 5.32 Å². The molecule has 0 radical (unpaired) electrons. The number of carbonyl (C=O) groups is 1.